The fourth-order valence-corrected chi connectivity index (χ4v) is 2.98. The summed E-state index contributed by atoms with van der Waals surface area (Å²) in [7, 11) is 4.28. The standard InChI is InChI=1S/C14H23N7/c1-4-15-14-18-12-11(16-9-17-12)13(19-14)21(3)8-10-5-6-20(2)7-10/h9-10H,4-8H2,1-3H3,(H2,15,16,17,18,19). The van der Waals surface area contributed by atoms with Crippen LogP contribution in [0.25, 0.3) is 11.2 Å². The van der Waals surface area contributed by atoms with Gasteiger partial charge in [0, 0.05) is 26.7 Å². The van der Waals surface area contributed by atoms with Gasteiger partial charge in [-0.2, -0.15) is 9.97 Å². The second kappa shape index (κ2) is 5.85. The Kier molecular flexibility index (Phi) is 3.92. The predicted molar refractivity (Wildman–Crippen MR) is 84.7 cm³/mol. The Bertz CT molecular complexity index is 608. The fraction of sp³-hybridized carbons (Fsp3) is 0.643. The monoisotopic (exact) mass is 289 g/mol. The van der Waals surface area contributed by atoms with Crippen molar-refractivity contribution < 1.29 is 0 Å². The summed E-state index contributed by atoms with van der Waals surface area (Å²) in [6, 6.07) is 0. The molecule has 0 radical (unpaired) electrons. The molecule has 1 fully saturated rings. The minimum atomic E-state index is 0.641. The molecule has 1 aliphatic heterocycles. The van der Waals surface area contributed by atoms with Crippen LogP contribution in [0.2, 0.25) is 0 Å². The Morgan fingerprint density at radius 2 is 2.33 bits per heavy atom. The number of hydrogen-bond donors (Lipinski definition) is 2. The third kappa shape index (κ3) is 2.92. The molecule has 0 bridgehead atoms. The molecular formula is C14H23N7. The first-order chi connectivity index (χ1) is 10.2. The van der Waals surface area contributed by atoms with Crippen molar-refractivity contribution in [2.75, 3.05) is 50.5 Å². The van der Waals surface area contributed by atoms with Crippen LogP contribution in [0.15, 0.2) is 6.33 Å². The van der Waals surface area contributed by atoms with E-state index in [2.05, 4.69) is 49.1 Å². The van der Waals surface area contributed by atoms with E-state index in [9.17, 15) is 0 Å². The number of nitrogens with one attached hydrogen (secondary N) is 2. The number of aromatic nitrogens is 4. The van der Waals surface area contributed by atoms with Crippen LogP contribution in [0.5, 0.6) is 0 Å². The van der Waals surface area contributed by atoms with Crippen molar-refractivity contribution >= 4 is 22.9 Å². The van der Waals surface area contributed by atoms with Gasteiger partial charge in [-0.15, -0.1) is 0 Å². The van der Waals surface area contributed by atoms with E-state index < -0.39 is 0 Å². The maximum absolute atomic E-state index is 4.64. The molecule has 1 saturated heterocycles. The minimum absolute atomic E-state index is 0.641. The van der Waals surface area contributed by atoms with Crippen molar-refractivity contribution in [3.05, 3.63) is 6.33 Å². The van der Waals surface area contributed by atoms with Crippen molar-refractivity contribution in [2.24, 2.45) is 5.92 Å². The summed E-state index contributed by atoms with van der Waals surface area (Å²) in [5, 5.41) is 3.17. The van der Waals surface area contributed by atoms with Gasteiger partial charge in [-0.25, -0.2) is 4.98 Å². The van der Waals surface area contributed by atoms with Crippen molar-refractivity contribution in [3.8, 4) is 0 Å². The van der Waals surface area contributed by atoms with Crippen LogP contribution >= 0.6 is 0 Å². The van der Waals surface area contributed by atoms with Gasteiger partial charge in [0.2, 0.25) is 5.95 Å². The quantitative estimate of drug-likeness (QED) is 0.861. The smallest absolute Gasteiger partial charge is 0.226 e. The molecule has 0 saturated carbocycles. The summed E-state index contributed by atoms with van der Waals surface area (Å²) in [4.78, 5) is 21.1. The van der Waals surface area contributed by atoms with Crippen LogP contribution in [0.1, 0.15) is 13.3 Å². The Morgan fingerprint density at radius 1 is 1.48 bits per heavy atom. The molecule has 7 heteroatoms. The van der Waals surface area contributed by atoms with Gasteiger partial charge in [0.1, 0.15) is 5.52 Å². The summed E-state index contributed by atoms with van der Waals surface area (Å²) in [6.45, 7) is 6.18. The highest BCUT2D eigenvalue weighted by molar-refractivity contribution is 5.84. The highest BCUT2D eigenvalue weighted by Gasteiger charge is 2.22. The highest BCUT2D eigenvalue weighted by Crippen LogP contribution is 2.24. The molecule has 2 aromatic heterocycles. The second-order valence-electron chi connectivity index (χ2n) is 5.80. The average molecular weight is 289 g/mol. The number of hydrogen-bond acceptors (Lipinski definition) is 6. The van der Waals surface area contributed by atoms with Crippen LogP contribution in [0, 0.1) is 5.92 Å². The number of fused-ring (bicyclic) bond motifs is 1. The fourth-order valence-electron chi connectivity index (χ4n) is 2.98. The van der Waals surface area contributed by atoms with E-state index in [1.807, 2.05) is 6.92 Å². The third-order valence-electron chi connectivity index (χ3n) is 3.98. The zero-order valence-corrected chi connectivity index (χ0v) is 12.9. The van der Waals surface area contributed by atoms with Crippen molar-refractivity contribution in [2.45, 2.75) is 13.3 Å². The van der Waals surface area contributed by atoms with E-state index in [1.165, 1.54) is 13.0 Å². The molecule has 0 aliphatic carbocycles. The van der Waals surface area contributed by atoms with Crippen LogP contribution in [0.3, 0.4) is 0 Å². The molecule has 2 aromatic rings. The normalized spacial score (nSPS) is 19.3. The summed E-state index contributed by atoms with van der Waals surface area (Å²) < 4.78 is 0. The lowest BCUT2D eigenvalue weighted by Crippen LogP contribution is -2.28. The average Bonchev–Trinajstić information content (AvgIpc) is 3.07. The molecule has 7 nitrogen and oxygen atoms in total. The topological polar surface area (TPSA) is 73.0 Å². The van der Waals surface area contributed by atoms with E-state index in [1.54, 1.807) is 6.33 Å². The van der Waals surface area contributed by atoms with Gasteiger partial charge in [-0.3, -0.25) is 0 Å². The van der Waals surface area contributed by atoms with E-state index >= 15 is 0 Å². The minimum Gasteiger partial charge on any atom is -0.357 e. The van der Waals surface area contributed by atoms with Gasteiger partial charge in [-0.1, -0.05) is 0 Å². The lowest BCUT2D eigenvalue weighted by Gasteiger charge is -2.22. The van der Waals surface area contributed by atoms with Gasteiger partial charge < -0.3 is 20.1 Å². The molecule has 1 unspecified atom stereocenters. The molecular weight excluding hydrogens is 266 g/mol. The number of anilines is 2. The Labute approximate surface area is 124 Å². The molecule has 3 heterocycles. The SMILES string of the molecule is CCNc1nc(N(C)CC2CCN(C)C2)c2[nH]cnc2n1. The number of H-pyrrole nitrogens is 1. The van der Waals surface area contributed by atoms with Crippen LogP contribution in [-0.2, 0) is 0 Å². The number of rotatable bonds is 5. The van der Waals surface area contributed by atoms with E-state index in [-0.39, 0.29) is 0 Å². The summed E-state index contributed by atoms with van der Waals surface area (Å²) in [5.74, 6) is 2.25. The van der Waals surface area contributed by atoms with Gasteiger partial charge in [0.15, 0.2) is 11.5 Å². The maximum atomic E-state index is 4.64. The summed E-state index contributed by atoms with van der Waals surface area (Å²) in [6.07, 6.45) is 2.92. The molecule has 2 N–H and O–H groups in total. The maximum Gasteiger partial charge on any atom is 0.226 e. The molecule has 0 amide bonds. The van der Waals surface area contributed by atoms with Crippen molar-refractivity contribution in [1.82, 2.24) is 24.8 Å². The molecule has 1 aliphatic rings. The van der Waals surface area contributed by atoms with E-state index in [0.717, 1.165) is 31.0 Å². The van der Waals surface area contributed by atoms with Crippen molar-refractivity contribution in [3.63, 3.8) is 0 Å². The molecule has 0 spiro atoms. The van der Waals surface area contributed by atoms with Crippen LogP contribution in [0.4, 0.5) is 11.8 Å². The number of likely N-dealkylation sites (tertiary alicyclic amines) is 1. The highest BCUT2D eigenvalue weighted by atomic mass is 15.2. The first-order valence-electron chi connectivity index (χ1n) is 7.52. The Hall–Kier alpha value is -1.89. The lowest BCUT2D eigenvalue weighted by molar-refractivity contribution is 0.395. The zero-order valence-electron chi connectivity index (χ0n) is 12.9. The largest absolute Gasteiger partial charge is 0.357 e. The third-order valence-corrected chi connectivity index (χ3v) is 3.98. The molecule has 0 aromatic carbocycles. The molecule has 114 valence electrons. The van der Waals surface area contributed by atoms with Crippen LogP contribution in [-0.4, -0.2) is 65.1 Å². The number of aromatic amines is 1. The lowest BCUT2D eigenvalue weighted by atomic mass is 10.1. The predicted octanol–water partition coefficient (Wildman–Crippen LogP) is 1.17. The van der Waals surface area contributed by atoms with Crippen molar-refractivity contribution in [1.29, 1.82) is 0 Å². The molecule has 21 heavy (non-hydrogen) atoms. The Balaban J connectivity index is 1.85. The first-order valence-corrected chi connectivity index (χ1v) is 7.52. The Morgan fingerprint density at radius 3 is 3.05 bits per heavy atom. The number of nitrogens with zero attached hydrogens (tertiary/aromatic N) is 5. The van der Waals surface area contributed by atoms with E-state index in [4.69, 9.17) is 0 Å². The summed E-state index contributed by atoms with van der Waals surface area (Å²) >= 11 is 0. The zero-order chi connectivity index (χ0) is 14.8. The second-order valence-corrected chi connectivity index (χ2v) is 5.80. The van der Waals surface area contributed by atoms with E-state index in [0.29, 0.717) is 17.5 Å². The number of imidazole rings is 1. The van der Waals surface area contributed by atoms with Gasteiger partial charge in [0.25, 0.3) is 0 Å². The van der Waals surface area contributed by atoms with Gasteiger partial charge in [-0.05, 0) is 32.9 Å². The van der Waals surface area contributed by atoms with Gasteiger partial charge >= 0.3 is 0 Å². The molecule has 1 atom stereocenters. The summed E-state index contributed by atoms with van der Waals surface area (Å²) in [5.41, 5.74) is 1.62. The first kappa shape index (κ1) is 14.1. The molecule has 3 rings (SSSR count). The van der Waals surface area contributed by atoms with Gasteiger partial charge in [0.05, 0.1) is 6.33 Å². The van der Waals surface area contributed by atoms with Crippen LogP contribution < -0.4 is 10.2 Å².